The minimum absolute atomic E-state index is 0.210. The van der Waals surface area contributed by atoms with Crippen molar-refractivity contribution in [2.24, 2.45) is 5.92 Å². The molecule has 0 unspecified atom stereocenters. The van der Waals surface area contributed by atoms with Gasteiger partial charge in [-0.25, -0.2) is 22.3 Å². The van der Waals surface area contributed by atoms with Crippen molar-refractivity contribution in [3.63, 3.8) is 0 Å². The first-order valence-electron chi connectivity index (χ1n) is 7.45. The van der Waals surface area contributed by atoms with Gasteiger partial charge in [0.2, 0.25) is 5.91 Å². The lowest BCUT2D eigenvalue weighted by Crippen LogP contribution is -2.63. The smallest absolute Gasteiger partial charge is 0.345 e. The lowest BCUT2D eigenvalue weighted by molar-refractivity contribution is -0.170. The van der Waals surface area contributed by atoms with Crippen LogP contribution in [0.1, 0.15) is 18.9 Å². The van der Waals surface area contributed by atoms with Gasteiger partial charge in [0.15, 0.2) is 0 Å². The number of amides is 1. The Hall–Kier alpha value is -2.42. The molecule has 1 amide bonds. The van der Waals surface area contributed by atoms with Crippen molar-refractivity contribution in [2.75, 3.05) is 14.2 Å². The summed E-state index contributed by atoms with van der Waals surface area (Å²) in [6.07, 6.45) is -0.310. The molecule has 1 heterocycles. The van der Waals surface area contributed by atoms with Gasteiger partial charge in [-0.3, -0.25) is 4.79 Å². The van der Waals surface area contributed by atoms with Gasteiger partial charge < -0.3 is 9.47 Å². The summed E-state index contributed by atoms with van der Waals surface area (Å²) < 4.78 is 35.7. The molecular formula is C16H19NO7S. The molecule has 8 nitrogen and oxygen atoms in total. The van der Waals surface area contributed by atoms with Crippen molar-refractivity contribution < 1.29 is 32.3 Å². The van der Waals surface area contributed by atoms with Crippen LogP contribution in [0.2, 0.25) is 0 Å². The van der Waals surface area contributed by atoms with Crippen LogP contribution in [0.5, 0.6) is 0 Å². The van der Waals surface area contributed by atoms with E-state index in [1.54, 1.807) is 19.1 Å². The standard InChI is InChI=1S/C16H19NO7S/c1-10-5-7-12(8-6-10)25(21,22)17-13(18)9-11(2)16(17,14(19)23-3)15(20)24-4/h5-8,11H,9H2,1-4H3/t11-/m0/s1. The zero-order chi connectivity index (χ0) is 19.0. The highest BCUT2D eigenvalue weighted by atomic mass is 32.2. The molecule has 1 aliphatic heterocycles. The number of rotatable bonds is 4. The van der Waals surface area contributed by atoms with E-state index in [1.807, 2.05) is 0 Å². The van der Waals surface area contributed by atoms with Gasteiger partial charge in [-0.2, -0.15) is 0 Å². The Kier molecular flexibility index (Phi) is 4.90. The first kappa shape index (κ1) is 18.9. The summed E-state index contributed by atoms with van der Waals surface area (Å²) >= 11 is 0. The molecule has 2 rings (SSSR count). The molecule has 0 N–H and O–H groups in total. The average Bonchev–Trinajstić information content (AvgIpc) is 2.85. The summed E-state index contributed by atoms with van der Waals surface area (Å²) in [7, 11) is -2.45. The van der Waals surface area contributed by atoms with Gasteiger partial charge in [0, 0.05) is 12.3 Å². The molecule has 136 valence electrons. The van der Waals surface area contributed by atoms with Gasteiger partial charge in [-0.15, -0.1) is 0 Å². The largest absolute Gasteiger partial charge is 0.467 e. The fourth-order valence-corrected chi connectivity index (χ4v) is 4.73. The molecular weight excluding hydrogens is 350 g/mol. The van der Waals surface area contributed by atoms with E-state index in [1.165, 1.54) is 19.1 Å². The van der Waals surface area contributed by atoms with Crippen LogP contribution in [0.4, 0.5) is 0 Å². The van der Waals surface area contributed by atoms with Gasteiger partial charge in [0.1, 0.15) is 0 Å². The molecule has 1 aromatic carbocycles. The zero-order valence-electron chi connectivity index (χ0n) is 14.3. The van der Waals surface area contributed by atoms with Crippen LogP contribution < -0.4 is 0 Å². The number of aryl methyl sites for hydroxylation is 1. The van der Waals surface area contributed by atoms with E-state index in [9.17, 15) is 22.8 Å². The lowest BCUT2D eigenvalue weighted by atomic mass is 9.87. The first-order valence-corrected chi connectivity index (χ1v) is 8.89. The maximum absolute atomic E-state index is 13.0. The highest BCUT2D eigenvalue weighted by molar-refractivity contribution is 7.89. The Bertz CT molecular complexity index is 797. The molecule has 1 aliphatic rings. The van der Waals surface area contributed by atoms with Gasteiger partial charge >= 0.3 is 11.9 Å². The van der Waals surface area contributed by atoms with E-state index in [4.69, 9.17) is 0 Å². The molecule has 0 aromatic heterocycles. The van der Waals surface area contributed by atoms with Crippen molar-refractivity contribution in [3.8, 4) is 0 Å². The zero-order valence-corrected chi connectivity index (χ0v) is 15.1. The predicted molar refractivity (Wildman–Crippen MR) is 85.8 cm³/mol. The molecule has 0 radical (unpaired) electrons. The molecule has 25 heavy (non-hydrogen) atoms. The van der Waals surface area contributed by atoms with Crippen molar-refractivity contribution in [1.29, 1.82) is 0 Å². The Labute approximate surface area is 145 Å². The number of hydrogen-bond donors (Lipinski definition) is 0. The number of nitrogens with zero attached hydrogens (tertiary/aromatic N) is 1. The van der Waals surface area contributed by atoms with Gasteiger partial charge in [-0.1, -0.05) is 24.6 Å². The summed E-state index contributed by atoms with van der Waals surface area (Å²) in [6, 6.07) is 5.71. The lowest BCUT2D eigenvalue weighted by Gasteiger charge is -2.34. The molecule has 1 atom stereocenters. The highest BCUT2D eigenvalue weighted by Gasteiger charge is 2.67. The minimum atomic E-state index is -4.47. The van der Waals surface area contributed by atoms with Crippen LogP contribution >= 0.6 is 0 Å². The number of hydrogen-bond acceptors (Lipinski definition) is 7. The second-order valence-corrected chi connectivity index (χ2v) is 7.62. The van der Waals surface area contributed by atoms with E-state index in [-0.39, 0.29) is 11.3 Å². The molecule has 0 spiro atoms. The van der Waals surface area contributed by atoms with Gasteiger partial charge in [-0.05, 0) is 19.1 Å². The molecule has 1 fully saturated rings. The van der Waals surface area contributed by atoms with Crippen LogP contribution in [0.3, 0.4) is 0 Å². The van der Waals surface area contributed by atoms with Crippen molar-refractivity contribution in [3.05, 3.63) is 29.8 Å². The van der Waals surface area contributed by atoms with Crippen LogP contribution in [-0.4, -0.2) is 50.3 Å². The monoisotopic (exact) mass is 369 g/mol. The van der Waals surface area contributed by atoms with Gasteiger partial charge in [0.25, 0.3) is 15.6 Å². The molecule has 1 aromatic rings. The quantitative estimate of drug-likeness (QED) is 0.566. The third-order valence-electron chi connectivity index (χ3n) is 4.29. The summed E-state index contributed by atoms with van der Waals surface area (Å²) in [5.74, 6) is -4.13. The maximum atomic E-state index is 13.0. The fourth-order valence-electron chi connectivity index (χ4n) is 2.99. The van der Waals surface area contributed by atoms with E-state index >= 15 is 0 Å². The van der Waals surface area contributed by atoms with E-state index in [2.05, 4.69) is 9.47 Å². The van der Waals surface area contributed by atoms with Crippen LogP contribution in [0, 0.1) is 12.8 Å². The van der Waals surface area contributed by atoms with Crippen molar-refractivity contribution >= 4 is 27.9 Å². The third-order valence-corrected chi connectivity index (χ3v) is 6.13. The number of benzene rings is 1. The molecule has 9 heteroatoms. The second-order valence-electron chi connectivity index (χ2n) is 5.83. The van der Waals surface area contributed by atoms with E-state index in [0.29, 0.717) is 4.31 Å². The first-order chi connectivity index (χ1) is 11.6. The Morgan fingerprint density at radius 2 is 1.60 bits per heavy atom. The third kappa shape index (κ3) is 2.68. The molecule has 0 bridgehead atoms. The van der Waals surface area contributed by atoms with Gasteiger partial charge in [0.05, 0.1) is 19.1 Å². The highest BCUT2D eigenvalue weighted by Crippen LogP contribution is 2.41. The number of esters is 2. The number of carbonyl (C=O) groups excluding carboxylic acids is 3. The SMILES string of the molecule is COC(=O)C1(C(=O)OC)[C@@H](C)CC(=O)N1S(=O)(=O)c1ccc(C)cc1. The van der Waals surface area contributed by atoms with Crippen LogP contribution in [-0.2, 0) is 33.9 Å². The minimum Gasteiger partial charge on any atom is -0.467 e. The number of carbonyl (C=O) groups is 3. The van der Waals surface area contributed by atoms with Crippen LogP contribution in [0.25, 0.3) is 0 Å². The summed E-state index contributed by atoms with van der Waals surface area (Å²) in [6.45, 7) is 3.20. The summed E-state index contributed by atoms with van der Waals surface area (Å²) in [5, 5.41) is 0. The molecule has 0 aliphatic carbocycles. The van der Waals surface area contributed by atoms with E-state index in [0.717, 1.165) is 19.8 Å². The maximum Gasteiger partial charge on any atom is 0.345 e. The van der Waals surface area contributed by atoms with Crippen LogP contribution in [0.15, 0.2) is 29.2 Å². The van der Waals surface area contributed by atoms with E-state index < -0.39 is 39.3 Å². The Balaban J connectivity index is 2.74. The number of sulfonamides is 1. The normalized spacial score (nSPS) is 19.6. The Morgan fingerprint density at radius 1 is 1.12 bits per heavy atom. The molecule has 1 saturated heterocycles. The number of ether oxygens (including phenoxy) is 2. The van der Waals surface area contributed by atoms with Crippen molar-refractivity contribution in [2.45, 2.75) is 30.7 Å². The van der Waals surface area contributed by atoms with Crippen molar-refractivity contribution in [1.82, 2.24) is 4.31 Å². The summed E-state index contributed by atoms with van der Waals surface area (Å²) in [4.78, 5) is 37.2. The number of methoxy groups -OCH3 is 2. The average molecular weight is 369 g/mol. The fraction of sp³-hybridized carbons (Fsp3) is 0.438. The topological polar surface area (TPSA) is 107 Å². The summed E-state index contributed by atoms with van der Waals surface area (Å²) in [5.41, 5.74) is -1.57. The second kappa shape index (κ2) is 6.47. The Morgan fingerprint density at radius 3 is 2.04 bits per heavy atom. The predicted octanol–water partition coefficient (Wildman–Crippen LogP) is 0.637. The molecule has 0 saturated carbocycles.